The Morgan fingerprint density at radius 3 is 2.33 bits per heavy atom. The van der Waals surface area contributed by atoms with Crippen LogP contribution in [0.1, 0.15) is 24.2 Å². The highest BCUT2D eigenvalue weighted by molar-refractivity contribution is 6.30. The maximum atomic E-state index is 13.7. The number of likely N-dealkylation sites (N-methyl/N-ethyl adjacent to an activating group) is 1. The number of piperazine rings is 1. The van der Waals surface area contributed by atoms with Gasteiger partial charge in [-0.2, -0.15) is 0 Å². The molecule has 2 aromatic carbocycles. The molecule has 4 rings (SSSR count). The quantitative estimate of drug-likeness (QED) is 0.852. The Bertz CT molecular complexity index is 857. The first-order valence-electron chi connectivity index (χ1n) is 9.32. The Balaban J connectivity index is 1.77. The van der Waals surface area contributed by atoms with Crippen molar-refractivity contribution in [3.63, 3.8) is 0 Å². The zero-order valence-electron chi connectivity index (χ0n) is 16.0. The lowest BCUT2D eigenvalue weighted by Gasteiger charge is -2.45. The molecule has 1 amide bonds. The van der Waals surface area contributed by atoms with E-state index in [1.165, 1.54) is 0 Å². The van der Waals surface area contributed by atoms with Crippen LogP contribution >= 0.6 is 11.6 Å². The second-order valence-corrected chi connectivity index (χ2v) is 8.23. The largest absolute Gasteiger partial charge is 0.368 e. The standard InChI is InChI=1S/C21H25ClN4O/c1-21(2)23-17-5-4-6-18(25-13-11-24(3)12-14-25)19(17)20(27)26(21)16-9-7-15(22)8-10-16/h4-10,23H,11-14H2,1-3H3. The highest BCUT2D eigenvalue weighted by Gasteiger charge is 2.40. The van der Waals surface area contributed by atoms with E-state index in [2.05, 4.69) is 28.2 Å². The summed E-state index contributed by atoms with van der Waals surface area (Å²) in [5.74, 6) is 0.0191. The number of fused-ring (bicyclic) bond motifs is 1. The third kappa shape index (κ3) is 3.26. The second kappa shape index (κ2) is 6.73. The maximum Gasteiger partial charge on any atom is 0.264 e. The molecule has 2 aliphatic rings. The highest BCUT2D eigenvalue weighted by atomic mass is 35.5. The van der Waals surface area contributed by atoms with Crippen molar-refractivity contribution in [3.8, 4) is 0 Å². The van der Waals surface area contributed by atoms with Crippen molar-refractivity contribution < 1.29 is 4.79 Å². The summed E-state index contributed by atoms with van der Waals surface area (Å²) in [7, 11) is 2.13. The molecule has 0 aliphatic carbocycles. The Kier molecular flexibility index (Phi) is 4.52. The van der Waals surface area contributed by atoms with E-state index in [0.717, 1.165) is 48.8 Å². The highest BCUT2D eigenvalue weighted by Crippen LogP contribution is 2.39. The fraction of sp³-hybridized carbons (Fsp3) is 0.381. The smallest absolute Gasteiger partial charge is 0.264 e. The lowest BCUT2D eigenvalue weighted by molar-refractivity contribution is 0.0962. The predicted octanol–water partition coefficient (Wildman–Crippen LogP) is 3.90. The van der Waals surface area contributed by atoms with E-state index >= 15 is 0 Å². The summed E-state index contributed by atoms with van der Waals surface area (Å²) in [6.07, 6.45) is 0. The second-order valence-electron chi connectivity index (χ2n) is 7.79. The van der Waals surface area contributed by atoms with E-state index in [9.17, 15) is 4.79 Å². The van der Waals surface area contributed by atoms with E-state index in [1.54, 1.807) is 0 Å². The molecule has 0 unspecified atom stereocenters. The van der Waals surface area contributed by atoms with Crippen LogP contribution in [-0.4, -0.2) is 49.7 Å². The van der Waals surface area contributed by atoms with Gasteiger partial charge in [0.1, 0.15) is 5.66 Å². The molecule has 1 N–H and O–H groups in total. The molecular formula is C21H25ClN4O. The maximum absolute atomic E-state index is 13.7. The third-order valence-corrected chi connectivity index (χ3v) is 5.64. The van der Waals surface area contributed by atoms with Gasteiger partial charge in [-0.1, -0.05) is 17.7 Å². The number of amides is 1. The van der Waals surface area contributed by atoms with E-state index in [1.807, 2.05) is 55.1 Å². The third-order valence-electron chi connectivity index (χ3n) is 5.39. The minimum atomic E-state index is -0.543. The summed E-state index contributed by atoms with van der Waals surface area (Å²) in [6.45, 7) is 7.88. The van der Waals surface area contributed by atoms with Gasteiger partial charge >= 0.3 is 0 Å². The number of carbonyl (C=O) groups is 1. The zero-order chi connectivity index (χ0) is 19.2. The molecule has 1 fully saturated rings. The fourth-order valence-electron chi connectivity index (χ4n) is 3.96. The van der Waals surface area contributed by atoms with Crippen LogP contribution in [0.2, 0.25) is 5.02 Å². The molecule has 0 radical (unpaired) electrons. The van der Waals surface area contributed by atoms with Crippen LogP contribution in [0.25, 0.3) is 0 Å². The van der Waals surface area contributed by atoms with Crippen molar-refractivity contribution in [1.29, 1.82) is 0 Å². The van der Waals surface area contributed by atoms with Crippen molar-refractivity contribution in [1.82, 2.24) is 4.90 Å². The van der Waals surface area contributed by atoms with Crippen LogP contribution in [0.3, 0.4) is 0 Å². The van der Waals surface area contributed by atoms with Crippen LogP contribution in [0.5, 0.6) is 0 Å². The molecule has 6 heteroatoms. The van der Waals surface area contributed by atoms with Crippen LogP contribution < -0.4 is 15.1 Å². The van der Waals surface area contributed by atoms with Gasteiger partial charge in [0.15, 0.2) is 0 Å². The Hall–Kier alpha value is -2.24. The normalized spacial score (nSPS) is 19.6. The number of carbonyl (C=O) groups excluding carboxylic acids is 1. The van der Waals surface area contributed by atoms with Gasteiger partial charge in [0.05, 0.1) is 16.9 Å². The lowest BCUT2D eigenvalue weighted by atomic mass is 9.98. The average Bonchev–Trinajstić information content (AvgIpc) is 2.63. The minimum Gasteiger partial charge on any atom is -0.368 e. The number of nitrogens with one attached hydrogen (secondary N) is 1. The number of hydrogen-bond donors (Lipinski definition) is 1. The summed E-state index contributed by atoms with van der Waals surface area (Å²) in [5.41, 5.74) is 2.94. The molecule has 0 aromatic heterocycles. The summed E-state index contributed by atoms with van der Waals surface area (Å²) in [6, 6.07) is 13.5. The van der Waals surface area contributed by atoms with Crippen LogP contribution in [0.4, 0.5) is 17.1 Å². The van der Waals surface area contributed by atoms with Gasteiger partial charge in [0.2, 0.25) is 0 Å². The molecule has 5 nitrogen and oxygen atoms in total. The number of halogens is 1. The molecule has 0 bridgehead atoms. The molecule has 142 valence electrons. The topological polar surface area (TPSA) is 38.8 Å². The first-order chi connectivity index (χ1) is 12.9. The van der Waals surface area contributed by atoms with Gasteiger partial charge in [0.25, 0.3) is 5.91 Å². The van der Waals surface area contributed by atoms with E-state index in [0.29, 0.717) is 5.02 Å². The van der Waals surface area contributed by atoms with Crippen molar-refractivity contribution in [2.45, 2.75) is 19.5 Å². The fourth-order valence-corrected chi connectivity index (χ4v) is 4.09. The number of benzene rings is 2. The van der Waals surface area contributed by atoms with E-state index in [4.69, 9.17) is 11.6 Å². The van der Waals surface area contributed by atoms with Gasteiger partial charge < -0.3 is 15.1 Å². The summed E-state index contributed by atoms with van der Waals surface area (Å²) >= 11 is 6.05. The van der Waals surface area contributed by atoms with Gasteiger partial charge in [-0.3, -0.25) is 9.69 Å². The molecule has 1 saturated heterocycles. The molecule has 0 saturated carbocycles. The van der Waals surface area contributed by atoms with Crippen molar-refractivity contribution in [3.05, 3.63) is 53.1 Å². The molecule has 2 aliphatic heterocycles. The molecule has 0 atom stereocenters. The molecule has 27 heavy (non-hydrogen) atoms. The number of hydrogen-bond acceptors (Lipinski definition) is 4. The van der Waals surface area contributed by atoms with E-state index in [-0.39, 0.29) is 5.91 Å². The van der Waals surface area contributed by atoms with Gasteiger partial charge in [-0.05, 0) is 57.3 Å². The SMILES string of the molecule is CN1CCN(c2cccc3c2C(=O)N(c2ccc(Cl)cc2)C(C)(C)N3)CC1. The summed E-state index contributed by atoms with van der Waals surface area (Å²) in [5, 5.41) is 4.21. The molecular weight excluding hydrogens is 360 g/mol. The molecule has 2 aromatic rings. The zero-order valence-corrected chi connectivity index (χ0v) is 16.8. The Morgan fingerprint density at radius 1 is 1.00 bits per heavy atom. The molecule has 0 spiro atoms. The van der Waals surface area contributed by atoms with E-state index < -0.39 is 5.66 Å². The lowest BCUT2D eigenvalue weighted by Crippen LogP contribution is -2.57. The van der Waals surface area contributed by atoms with Gasteiger partial charge in [-0.25, -0.2) is 0 Å². The van der Waals surface area contributed by atoms with Crippen LogP contribution in [-0.2, 0) is 0 Å². The first-order valence-corrected chi connectivity index (χ1v) is 9.69. The number of nitrogens with zero attached hydrogens (tertiary/aromatic N) is 3. The van der Waals surface area contributed by atoms with Crippen LogP contribution in [0, 0.1) is 0 Å². The summed E-state index contributed by atoms with van der Waals surface area (Å²) < 4.78 is 0. The Morgan fingerprint density at radius 2 is 1.67 bits per heavy atom. The van der Waals surface area contributed by atoms with Crippen LogP contribution in [0.15, 0.2) is 42.5 Å². The first kappa shape index (κ1) is 18.1. The van der Waals surface area contributed by atoms with Crippen molar-refractivity contribution >= 4 is 34.6 Å². The minimum absolute atomic E-state index is 0.0191. The van der Waals surface area contributed by atoms with Gasteiger partial charge in [-0.15, -0.1) is 0 Å². The summed E-state index contributed by atoms with van der Waals surface area (Å²) in [4.78, 5) is 20.1. The number of rotatable bonds is 2. The van der Waals surface area contributed by atoms with Gasteiger partial charge in [0, 0.05) is 36.9 Å². The average molecular weight is 385 g/mol. The predicted molar refractivity (Wildman–Crippen MR) is 112 cm³/mol. The number of anilines is 3. The Labute approximate surface area is 165 Å². The van der Waals surface area contributed by atoms with Crippen molar-refractivity contribution in [2.75, 3.05) is 48.3 Å². The molecule has 2 heterocycles. The monoisotopic (exact) mass is 384 g/mol. The van der Waals surface area contributed by atoms with Crippen molar-refractivity contribution in [2.24, 2.45) is 0 Å².